The van der Waals surface area contributed by atoms with E-state index in [0.29, 0.717) is 13.0 Å². The average molecular weight is 342 g/mol. The van der Waals surface area contributed by atoms with E-state index in [-0.39, 0.29) is 12.1 Å². The topological polar surface area (TPSA) is 58.6 Å². The van der Waals surface area contributed by atoms with E-state index in [1.165, 1.54) is 18.2 Å². The molecule has 2 aromatic rings. The lowest BCUT2D eigenvalue weighted by Crippen LogP contribution is -2.39. The van der Waals surface area contributed by atoms with Crippen LogP contribution in [0.3, 0.4) is 0 Å². The van der Waals surface area contributed by atoms with Gasteiger partial charge < -0.3 is 10.1 Å². The third kappa shape index (κ3) is 3.69. The maximum atomic E-state index is 13.9. The molecule has 0 aliphatic carbocycles. The molecule has 130 valence electrons. The number of amides is 2. The van der Waals surface area contributed by atoms with Crippen LogP contribution < -0.4 is 15.0 Å². The van der Waals surface area contributed by atoms with Crippen molar-refractivity contribution >= 4 is 17.5 Å². The number of ether oxygens (including phenoxy) is 1. The van der Waals surface area contributed by atoms with Crippen LogP contribution >= 0.6 is 0 Å². The van der Waals surface area contributed by atoms with Crippen LogP contribution in [0.1, 0.15) is 12.0 Å². The molecule has 1 atom stereocenters. The number of nitrogens with one attached hydrogen (secondary N) is 1. The summed E-state index contributed by atoms with van der Waals surface area (Å²) in [5.74, 6) is -0.598. The molecule has 0 saturated carbocycles. The Morgan fingerprint density at radius 1 is 1.16 bits per heavy atom. The summed E-state index contributed by atoms with van der Waals surface area (Å²) in [6, 6.07) is 12.8. The highest BCUT2D eigenvalue weighted by atomic mass is 19.1. The fraction of sp³-hybridized carbons (Fsp3) is 0.263. The molecule has 0 spiro atoms. The molecule has 25 heavy (non-hydrogen) atoms. The first-order valence-corrected chi connectivity index (χ1v) is 8.08. The number of carbonyl (C=O) groups is 2. The lowest BCUT2D eigenvalue weighted by molar-refractivity contribution is -0.121. The summed E-state index contributed by atoms with van der Waals surface area (Å²) in [5, 5.41) is 3.09. The summed E-state index contributed by atoms with van der Waals surface area (Å²) < 4.78 is 19.0. The predicted octanol–water partition coefficient (Wildman–Crippen LogP) is 2.30. The number of anilines is 1. The SMILES string of the molecule is COc1ccc(CCN[C@@H]2CC(=O)N(c3ccccc3F)C2=O)cc1. The molecule has 5 nitrogen and oxygen atoms in total. The highest BCUT2D eigenvalue weighted by Gasteiger charge is 2.40. The predicted molar refractivity (Wildman–Crippen MR) is 92.0 cm³/mol. The molecule has 0 unspecified atom stereocenters. The minimum atomic E-state index is -0.620. The van der Waals surface area contributed by atoms with Gasteiger partial charge in [-0.05, 0) is 42.8 Å². The fourth-order valence-electron chi connectivity index (χ4n) is 2.86. The van der Waals surface area contributed by atoms with Gasteiger partial charge in [0.1, 0.15) is 11.6 Å². The highest BCUT2D eigenvalue weighted by Crippen LogP contribution is 2.25. The summed E-state index contributed by atoms with van der Waals surface area (Å²) in [7, 11) is 1.61. The fourth-order valence-corrected chi connectivity index (χ4v) is 2.86. The van der Waals surface area contributed by atoms with Gasteiger partial charge in [0.15, 0.2) is 0 Å². The van der Waals surface area contributed by atoms with Gasteiger partial charge in [-0.1, -0.05) is 24.3 Å². The molecule has 1 saturated heterocycles. The van der Waals surface area contributed by atoms with E-state index in [0.717, 1.165) is 16.2 Å². The molecule has 0 radical (unpaired) electrons. The van der Waals surface area contributed by atoms with E-state index in [4.69, 9.17) is 4.74 Å². The summed E-state index contributed by atoms with van der Waals surface area (Å²) >= 11 is 0. The summed E-state index contributed by atoms with van der Waals surface area (Å²) in [4.78, 5) is 25.5. The maximum absolute atomic E-state index is 13.9. The molecule has 1 aliphatic heterocycles. The number of para-hydroxylation sites is 1. The Kier molecular flexibility index (Phi) is 5.09. The van der Waals surface area contributed by atoms with Gasteiger partial charge in [-0.3, -0.25) is 9.59 Å². The van der Waals surface area contributed by atoms with E-state index < -0.39 is 23.7 Å². The summed E-state index contributed by atoms with van der Waals surface area (Å²) in [6.07, 6.45) is 0.747. The van der Waals surface area contributed by atoms with Crippen molar-refractivity contribution in [1.29, 1.82) is 0 Å². The van der Waals surface area contributed by atoms with Gasteiger partial charge >= 0.3 is 0 Å². The number of benzene rings is 2. The lowest BCUT2D eigenvalue weighted by atomic mass is 10.1. The molecular weight excluding hydrogens is 323 g/mol. The third-order valence-corrected chi connectivity index (χ3v) is 4.20. The minimum Gasteiger partial charge on any atom is -0.497 e. The van der Waals surface area contributed by atoms with Crippen molar-refractivity contribution in [3.8, 4) is 5.75 Å². The number of nitrogens with zero attached hydrogens (tertiary/aromatic N) is 1. The van der Waals surface area contributed by atoms with Crippen LogP contribution in [-0.2, 0) is 16.0 Å². The second-order valence-electron chi connectivity index (χ2n) is 5.83. The van der Waals surface area contributed by atoms with Crippen molar-refractivity contribution in [1.82, 2.24) is 5.32 Å². The largest absolute Gasteiger partial charge is 0.497 e. The second kappa shape index (κ2) is 7.44. The Labute approximate surface area is 145 Å². The van der Waals surface area contributed by atoms with Gasteiger partial charge in [-0.2, -0.15) is 0 Å². The van der Waals surface area contributed by atoms with E-state index in [1.807, 2.05) is 24.3 Å². The van der Waals surface area contributed by atoms with E-state index in [2.05, 4.69) is 5.32 Å². The number of hydrogen-bond donors (Lipinski definition) is 1. The molecule has 1 aliphatic rings. The molecule has 2 amide bonds. The van der Waals surface area contributed by atoms with Crippen LogP contribution in [0.5, 0.6) is 5.75 Å². The molecule has 2 aromatic carbocycles. The van der Waals surface area contributed by atoms with Crippen LogP contribution in [0, 0.1) is 5.82 Å². The number of hydrogen-bond acceptors (Lipinski definition) is 4. The van der Waals surface area contributed by atoms with Crippen LogP contribution in [0.25, 0.3) is 0 Å². The monoisotopic (exact) mass is 342 g/mol. The van der Waals surface area contributed by atoms with Crippen molar-refractivity contribution < 1.29 is 18.7 Å². The summed E-state index contributed by atoms with van der Waals surface area (Å²) in [6.45, 7) is 0.543. The zero-order valence-corrected chi connectivity index (χ0v) is 13.9. The van der Waals surface area contributed by atoms with Gasteiger partial charge in [0.2, 0.25) is 5.91 Å². The first-order chi connectivity index (χ1) is 12.1. The van der Waals surface area contributed by atoms with Gasteiger partial charge in [0.25, 0.3) is 5.91 Å². The number of halogens is 1. The van der Waals surface area contributed by atoms with Gasteiger partial charge in [0.05, 0.1) is 25.3 Å². The average Bonchev–Trinajstić information content (AvgIpc) is 2.90. The zero-order valence-electron chi connectivity index (χ0n) is 13.9. The van der Waals surface area contributed by atoms with Crippen molar-refractivity contribution in [2.24, 2.45) is 0 Å². The molecule has 1 N–H and O–H groups in total. The van der Waals surface area contributed by atoms with E-state index in [1.54, 1.807) is 13.2 Å². The number of carbonyl (C=O) groups excluding carboxylic acids is 2. The molecule has 0 aromatic heterocycles. The van der Waals surface area contributed by atoms with Crippen LogP contribution in [0.4, 0.5) is 10.1 Å². The Bertz CT molecular complexity index is 776. The zero-order chi connectivity index (χ0) is 17.8. The van der Waals surface area contributed by atoms with E-state index >= 15 is 0 Å². The third-order valence-electron chi connectivity index (χ3n) is 4.20. The van der Waals surface area contributed by atoms with Crippen molar-refractivity contribution in [3.05, 3.63) is 59.9 Å². The molecule has 0 bridgehead atoms. The van der Waals surface area contributed by atoms with Gasteiger partial charge in [0, 0.05) is 0 Å². The molecular formula is C19H19FN2O3. The van der Waals surface area contributed by atoms with Crippen LogP contribution in [-0.4, -0.2) is 31.5 Å². The molecule has 3 rings (SSSR count). The standard InChI is InChI=1S/C19H19FN2O3/c1-25-14-8-6-13(7-9-14)10-11-21-16-12-18(23)22(19(16)24)17-5-3-2-4-15(17)20/h2-9,16,21H,10-12H2,1H3/t16-/m1/s1. The van der Waals surface area contributed by atoms with Crippen molar-refractivity contribution in [2.75, 3.05) is 18.6 Å². The van der Waals surface area contributed by atoms with Crippen molar-refractivity contribution in [2.45, 2.75) is 18.9 Å². The second-order valence-corrected chi connectivity index (χ2v) is 5.83. The first kappa shape index (κ1) is 17.1. The molecule has 1 heterocycles. The van der Waals surface area contributed by atoms with E-state index in [9.17, 15) is 14.0 Å². The lowest BCUT2D eigenvalue weighted by Gasteiger charge is -2.16. The number of imide groups is 1. The smallest absolute Gasteiger partial charge is 0.251 e. The Balaban J connectivity index is 1.59. The van der Waals surface area contributed by atoms with Gasteiger partial charge in [-0.15, -0.1) is 0 Å². The van der Waals surface area contributed by atoms with Gasteiger partial charge in [-0.25, -0.2) is 9.29 Å². The van der Waals surface area contributed by atoms with Crippen LogP contribution in [0.15, 0.2) is 48.5 Å². The summed E-state index contributed by atoms with van der Waals surface area (Å²) in [5.41, 5.74) is 1.10. The Morgan fingerprint density at radius 3 is 2.56 bits per heavy atom. The molecule has 6 heteroatoms. The van der Waals surface area contributed by atoms with Crippen molar-refractivity contribution in [3.63, 3.8) is 0 Å². The Morgan fingerprint density at radius 2 is 1.88 bits per heavy atom. The Hall–Kier alpha value is -2.73. The normalized spacial score (nSPS) is 17.2. The quantitative estimate of drug-likeness (QED) is 0.819. The molecule has 1 fully saturated rings. The maximum Gasteiger partial charge on any atom is 0.251 e. The van der Waals surface area contributed by atoms with Crippen LogP contribution in [0.2, 0.25) is 0 Å². The highest BCUT2D eigenvalue weighted by molar-refractivity contribution is 6.22. The number of methoxy groups -OCH3 is 1. The first-order valence-electron chi connectivity index (χ1n) is 8.08. The number of rotatable bonds is 6. The minimum absolute atomic E-state index is 0.0111.